The van der Waals surface area contributed by atoms with E-state index < -0.39 is 6.10 Å². The van der Waals surface area contributed by atoms with Crippen molar-refractivity contribution in [2.75, 3.05) is 18.1 Å². The number of carbonyl (C=O) groups excluding carboxylic acids is 2. The van der Waals surface area contributed by atoms with E-state index in [1.54, 1.807) is 21.6 Å². The number of benzene rings is 1. The molecule has 7 heteroatoms. The monoisotopic (exact) mass is 468 g/mol. The molecule has 2 amide bonds. The topological polar surface area (TPSA) is 67.4 Å². The van der Waals surface area contributed by atoms with E-state index in [4.69, 9.17) is 4.74 Å². The number of hydrogen-bond donors (Lipinski definition) is 2. The first-order valence-electron chi connectivity index (χ1n) is 10.9. The average Bonchev–Trinajstić information content (AvgIpc) is 2.63. The van der Waals surface area contributed by atoms with Crippen molar-refractivity contribution >= 4 is 33.4 Å². The summed E-state index contributed by atoms with van der Waals surface area (Å²) in [5, 5.41) is 6.05. The van der Waals surface area contributed by atoms with Crippen molar-refractivity contribution in [3.63, 3.8) is 0 Å². The van der Waals surface area contributed by atoms with Gasteiger partial charge in [0.15, 0.2) is 0 Å². The molecule has 1 aromatic carbocycles. The summed E-state index contributed by atoms with van der Waals surface area (Å²) >= 11 is 0. The van der Waals surface area contributed by atoms with E-state index >= 15 is 0 Å². The zero-order valence-corrected chi connectivity index (χ0v) is 21.8. The molecule has 1 rings (SSSR count). The van der Waals surface area contributed by atoms with Crippen LogP contribution in [0.1, 0.15) is 60.5 Å². The van der Waals surface area contributed by atoms with Gasteiger partial charge in [-0.15, -0.1) is 0 Å². The van der Waals surface area contributed by atoms with Crippen LogP contribution < -0.4 is 10.6 Å². The van der Waals surface area contributed by atoms with E-state index in [9.17, 15) is 9.59 Å². The molecular formula is C24H40N2O3S2. The first-order valence-corrected chi connectivity index (χ1v) is 13.3. The van der Waals surface area contributed by atoms with Gasteiger partial charge in [-0.05, 0) is 23.3 Å². The van der Waals surface area contributed by atoms with Crippen LogP contribution in [0.4, 0.5) is 0 Å². The second kappa shape index (κ2) is 13.4. The summed E-state index contributed by atoms with van der Waals surface area (Å²) in [7, 11) is 3.42. The minimum Gasteiger partial charge on any atom is -0.363 e. The molecule has 0 fully saturated rings. The average molecular weight is 469 g/mol. The normalized spacial score (nSPS) is 14.0. The zero-order valence-electron chi connectivity index (χ0n) is 20.1. The lowest BCUT2D eigenvalue weighted by molar-refractivity contribution is -0.142. The first kappa shape index (κ1) is 27.9. The van der Waals surface area contributed by atoms with E-state index in [2.05, 4.69) is 31.4 Å². The molecule has 5 nitrogen and oxygen atoms in total. The van der Waals surface area contributed by atoms with Crippen LogP contribution >= 0.6 is 21.6 Å². The lowest BCUT2D eigenvalue weighted by Crippen LogP contribution is -2.47. The fourth-order valence-corrected chi connectivity index (χ4v) is 5.01. The van der Waals surface area contributed by atoms with Gasteiger partial charge in [-0.3, -0.25) is 9.59 Å². The van der Waals surface area contributed by atoms with E-state index in [-0.39, 0.29) is 28.7 Å². The Kier molecular flexibility index (Phi) is 12.0. The van der Waals surface area contributed by atoms with Crippen LogP contribution in [0.25, 0.3) is 0 Å². The molecule has 0 aliphatic carbocycles. The Hall–Kier alpha value is -1.18. The predicted molar refractivity (Wildman–Crippen MR) is 134 cm³/mol. The minimum atomic E-state index is -0.522. The molecule has 2 N–H and O–H groups in total. The van der Waals surface area contributed by atoms with Crippen LogP contribution in [0.2, 0.25) is 0 Å². The van der Waals surface area contributed by atoms with Gasteiger partial charge in [0.2, 0.25) is 11.8 Å². The van der Waals surface area contributed by atoms with Gasteiger partial charge in [-0.1, -0.05) is 93.5 Å². The summed E-state index contributed by atoms with van der Waals surface area (Å²) in [5.41, 5.74) is 0.764. The molecule has 31 heavy (non-hydrogen) atoms. The van der Waals surface area contributed by atoms with Gasteiger partial charge in [-0.25, -0.2) is 0 Å². The van der Waals surface area contributed by atoms with Gasteiger partial charge in [0, 0.05) is 30.5 Å². The Bertz CT molecular complexity index is 670. The van der Waals surface area contributed by atoms with Crippen molar-refractivity contribution in [2.45, 2.75) is 73.6 Å². The fourth-order valence-electron chi connectivity index (χ4n) is 2.82. The van der Waals surface area contributed by atoms with Crippen LogP contribution in [0.15, 0.2) is 30.3 Å². The maximum Gasteiger partial charge on any atom is 0.249 e. The molecule has 176 valence electrons. The molecule has 2 atom stereocenters. The second-order valence-corrected chi connectivity index (χ2v) is 12.8. The molecular weight excluding hydrogens is 428 g/mol. The molecule has 1 aromatic rings. The summed E-state index contributed by atoms with van der Waals surface area (Å²) in [6.07, 6.45) is 0.0145. The SMILES string of the molecule is C[C@H](CSSCCNC(=O)CC(C)(C)C)NC(=O)[C@@H](OCc1ccccc1)C(C)(C)C. The Morgan fingerprint density at radius 1 is 1.03 bits per heavy atom. The van der Waals surface area contributed by atoms with Gasteiger partial charge in [-0.2, -0.15) is 0 Å². The van der Waals surface area contributed by atoms with Crippen LogP contribution in [0.3, 0.4) is 0 Å². The second-order valence-electron chi connectivity index (χ2n) is 10.1. The van der Waals surface area contributed by atoms with Crippen molar-refractivity contribution in [3.8, 4) is 0 Å². The summed E-state index contributed by atoms with van der Waals surface area (Å²) in [5.74, 6) is 1.66. The standard InChI is InChI=1S/C24H40N2O3S2/c1-18(17-31-30-14-13-25-20(27)15-23(2,3)4)26-22(28)21(24(5,6)7)29-16-19-11-9-8-10-12-19/h8-12,18,21H,13-17H2,1-7H3,(H,25,27)(H,26,28)/t18-,21-/m1/s1. The third kappa shape index (κ3) is 13.1. The summed E-state index contributed by atoms with van der Waals surface area (Å²) < 4.78 is 6.01. The van der Waals surface area contributed by atoms with Crippen LogP contribution in [-0.2, 0) is 20.9 Å². The summed E-state index contributed by atoms with van der Waals surface area (Å²) in [4.78, 5) is 24.7. The molecule has 0 aliphatic rings. The molecule has 0 bridgehead atoms. The number of hydrogen-bond acceptors (Lipinski definition) is 5. The molecule has 0 saturated heterocycles. The fraction of sp³-hybridized carbons (Fsp3) is 0.667. The summed E-state index contributed by atoms with van der Waals surface area (Å²) in [6, 6.07) is 9.94. The summed E-state index contributed by atoms with van der Waals surface area (Å²) in [6.45, 7) is 15.3. The molecule has 0 radical (unpaired) electrons. The van der Waals surface area contributed by atoms with Gasteiger partial charge in [0.05, 0.1) is 6.61 Å². The smallest absolute Gasteiger partial charge is 0.249 e. The van der Waals surface area contributed by atoms with Crippen molar-refractivity contribution < 1.29 is 14.3 Å². The third-order valence-corrected chi connectivity index (χ3v) is 6.85. The highest BCUT2D eigenvalue weighted by atomic mass is 33.1. The van der Waals surface area contributed by atoms with Crippen LogP contribution in [0.5, 0.6) is 0 Å². The molecule has 0 heterocycles. The van der Waals surface area contributed by atoms with Crippen LogP contribution in [0, 0.1) is 10.8 Å². The number of amides is 2. The van der Waals surface area contributed by atoms with Crippen molar-refractivity contribution in [1.29, 1.82) is 0 Å². The van der Waals surface area contributed by atoms with Gasteiger partial charge >= 0.3 is 0 Å². The Morgan fingerprint density at radius 3 is 2.26 bits per heavy atom. The quantitative estimate of drug-likeness (QED) is 0.332. The van der Waals surface area contributed by atoms with E-state index in [0.717, 1.165) is 17.1 Å². The number of ether oxygens (including phenoxy) is 1. The third-order valence-electron chi connectivity index (χ3n) is 4.27. The Balaban J connectivity index is 2.32. The maximum absolute atomic E-state index is 12.8. The van der Waals surface area contributed by atoms with Crippen molar-refractivity contribution in [2.24, 2.45) is 10.8 Å². The molecule has 0 aliphatic heterocycles. The minimum absolute atomic E-state index is 0.00927. The van der Waals surface area contributed by atoms with Gasteiger partial charge in [0.25, 0.3) is 0 Å². The Labute approximate surface area is 196 Å². The number of rotatable bonds is 12. The lowest BCUT2D eigenvalue weighted by Gasteiger charge is -2.30. The Morgan fingerprint density at radius 2 is 1.68 bits per heavy atom. The van der Waals surface area contributed by atoms with E-state index in [1.807, 2.05) is 58.0 Å². The zero-order chi connectivity index (χ0) is 23.5. The number of nitrogens with one attached hydrogen (secondary N) is 2. The highest BCUT2D eigenvalue weighted by Crippen LogP contribution is 2.25. The van der Waals surface area contributed by atoms with E-state index in [0.29, 0.717) is 19.6 Å². The highest BCUT2D eigenvalue weighted by molar-refractivity contribution is 8.76. The lowest BCUT2D eigenvalue weighted by atomic mass is 9.88. The van der Waals surface area contributed by atoms with Crippen molar-refractivity contribution in [3.05, 3.63) is 35.9 Å². The largest absolute Gasteiger partial charge is 0.363 e. The highest BCUT2D eigenvalue weighted by Gasteiger charge is 2.33. The maximum atomic E-state index is 12.8. The van der Waals surface area contributed by atoms with E-state index in [1.165, 1.54) is 0 Å². The molecule has 0 saturated carbocycles. The number of carbonyl (C=O) groups is 2. The van der Waals surface area contributed by atoms with Crippen LogP contribution in [-0.4, -0.2) is 42.0 Å². The molecule has 0 spiro atoms. The predicted octanol–water partition coefficient (Wildman–Crippen LogP) is 5.06. The van der Waals surface area contributed by atoms with Gasteiger partial charge in [0.1, 0.15) is 6.10 Å². The molecule has 0 aromatic heterocycles. The molecule has 0 unspecified atom stereocenters. The van der Waals surface area contributed by atoms with Crippen molar-refractivity contribution in [1.82, 2.24) is 10.6 Å². The first-order chi connectivity index (χ1) is 14.4. The van der Waals surface area contributed by atoms with Gasteiger partial charge < -0.3 is 15.4 Å².